The molecule has 0 bridgehead atoms. The van der Waals surface area contributed by atoms with Gasteiger partial charge in [-0.3, -0.25) is 9.59 Å². The van der Waals surface area contributed by atoms with Crippen LogP contribution in [0.2, 0.25) is 0 Å². The van der Waals surface area contributed by atoms with E-state index in [9.17, 15) is 14.4 Å². The average molecular weight is 494 g/mol. The Labute approximate surface area is 214 Å². The molecule has 3 atom stereocenters. The molecule has 0 aromatic heterocycles. The summed E-state index contributed by atoms with van der Waals surface area (Å²) in [5.41, 5.74) is 4.76. The first-order chi connectivity index (χ1) is 16.8. The minimum Gasteiger partial charge on any atom is -0.444 e. The molecule has 1 saturated carbocycles. The normalized spacial score (nSPS) is 17.7. The zero-order valence-corrected chi connectivity index (χ0v) is 22.7. The first kappa shape index (κ1) is 27.2. The van der Waals surface area contributed by atoms with Crippen LogP contribution in [-0.4, -0.2) is 41.0 Å². The monoisotopic (exact) mass is 493 g/mol. The molecule has 1 aliphatic carbocycles. The quantitative estimate of drug-likeness (QED) is 0.543. The van der Waals surface area contributed by atoms with E-state index >= 15 is 0 Å². The maximum Gasteiger partial charge on any atom is 0.408 e. The summed E-state index contributed by atoms with van der Waals surface area (Å²) < 4.78 is 5.30. The van der Waals surface area contributed by atoms with Crippen molar-refractivity contribution >= 4 is 23.6 Å². The molecule has 2 aromatic carbocycles. The Morgan fingerprint density at radius 3 is 2.17 bits per heavy atom. The highest BCUT2D eigenvalue weighted by molar-refractivity contribution is 5.99. The predicted octanol–water partition coefficient (Wildman–Crippen LogP) is 5.36. The fourth-order valence-electron chi connectivity index (χ4n) is 4.52. The van der Waals surface area contributed by atoms with Gasteiger partial charge >= 0.3 is 6.09 Å². The molecule has 0 spiro atoms. The number of carbonyl (C=O) groups is 3. The second-order valence-corrected chi connectivity index (χ2v) is 11.0. The predicted molar refractivity (Wildman–Crippen MR) is 142 cm³/mol. The van der Waals surface area contributed by atoms with E-state index in [1.165, 1.54) is 0 Å². The largest absolute Gasteiger partial charge is 0.444 e. The van der Waals surface area contributed by atoms with E-state index in [2.05, 4.69) is 17.6 Å². The maximum absolute atomic E-state index is 13.9. The van der Waals surface area contributed by atoms with Gasteiger partial charge in [0.25, 0.3) is 5.91 Å². The van der Waals surface area contributed by atoms with Gasteiger partial charge in [0.1, 0.15) is 18.2 Å². The van der Waals surface area contributed by atoms with E-state index in [-0.39, 0.29) is 30.3 Å². The summed E-state index contributed by atoms with van der Waals surface area (Å²) in [6.07, 6.45) is 0.138. The highest BCUT2D eigenvalue weighted by Crippen LogP contribution is 2.41. The van der Waals surface area contributed by atoms with E-state index in [4.69, 9.17) is 4.74 Å². The molecule has 2 N–H and O–H groups in total. The number of aryl methyl sites for hydroxylation is 4. The summed E-state index contributed by atoms with van der Waals surface area (Å²) in [5.74, 6) is -0.336. The van der Waals surface area contributed by atoms with Crippen LogP contribution in [0.5, 0.6) is 0 Å². The fourth-order valence-corrected chi connectivity index (χ4v) is 4.52. The standard InChI is InChI=1S/C29H39N3O4/c1-17-12-13-22(20(4)14-17)26(27(34)31-25-18(2)10-9-11-19(25)3)32(23-15-21(23)5)24(33)16-30-28(35)36-29(6,7)8/h9-14,21,23,26H,15-16H2,1-8H3,(H,30,35)(H,31,34). The van der Waals surface area contributed by atoms with Crippen LogP contribution in [0.3, 0.4) is 0 Å². The maximum atomic E-state index is 13.9. The molecule has 0 saturated heterocycles. The van der Waals surface area contributed by atoms with Crippen molar-refractivity contribution < 1.29 is 19.1 Å². The second kappa shape index (κ2) is 10.7. The number of alkyl carbamates (subject to hydrolysis) is 1. The summed E-state index contributed by atoms with van der Waals surface area (Å²) in [6, 6.07) is 10.8. The van der Waals surface area contributed by atoms with Crippen molar-refractivity contribution in [3.63, 3.8) is 0 Å². The molecule has 3 unspecified atom stereocenters. The number of ether oxygens (including phenoxy) is 1. The Hall–Kier alpha value is -3.35. The van der Waals surface area contributed by atoms with Gasteiger partial charge in [0.15, 0.2) is 0 Å². The molecule has 194 valence electrons. The van der Waals surface area contributed by atoms with Crippen LogP contribution in [0, 0.1) is 33.6 Å². The van der Waals surface area contributed by atoms with Crippen molar-refractivity contribution in [3.05, 3.63) is 64.2 Å². The molecule has 3 amide bonds. The number of rotatable bonds is 7. The molecule has 36 heavy (non-hydrogen) atoms. The van der Waals surface area contributed by atoms with Crippen LogP contribution in [0.25, 0.3) is 0 Å². The van der Waals surface area contributed by atoms with Gasteiger partial charge in [-0.2, -0.15) is 0 Å². The topological polar surface area (TPSA) is 87.7 Å². The number of nitrogens with one attached hydrogen (secondary N) is 2. The lowest BCUT2D eigenvalue weighted by Crippen LogP contribution is -2.48. The van der Waals surface area contributed by atoms with Gasteiger partial charge in [0, 0.05) is 11.7 Å². The molecule has 3 rings (SSSR count). The lowest BCUT2D eigenvalue weighted by molar-refractivity contribution is -0.139. The van der Waals surface area contributed by atoms with E-state index in [1.807, 2.05) is 64.1 Å². The van der Waals surface area contributed by atoms with Crippen LogP contribution in [0.4, 0.5) is 10.5 Å². The summed E-state index contributed by atoms with van der Waals surface area (Å²) in [7, 11) is 0. The molecule has 7 heteroatoms. The smallest absolute Gasteiger partial charge is 0.408 e. The number of hydrogen-bond donors (Lipinski definition) is 2. The summed E-state index contributed by atoms with van der Waals surface area (Å²) in [6.45, 7) is 15.0. The highest BCUT2D eigenvalue weighted by atomic mass is 16.6. The van der Waals surface area contributed by atoms with E-state index < -0.39 is 17.7 Å². The number of nitrogens with zero attached hydrogens (tertiary/aromatic N) is 1. The first-order valence-corrected chi connectivity index (χ1v) is 12.5. The zero-order chi connectivity index (χ0) is 26.8. The van der Waals surface area contributed by atoms with E-state index in [0.29, 0.717) is 0 Å². The number of hydrogen-bond acceptors (Lipinski definition) is 4. The molecule has 0 radical (unpaired) electrons. The van der Waals surface area contributed by atoms with Crippen LogP contribution < -0.4 is 10.6 Å². The van der Waals surface area contributed by atoms with Crippen molar-refractivity contribution in [2.45, 2.75) is 79.5 Å². The number of anilines is 1. The van der Waals surface area contributed by atoms with Gasteiger partial charge in [-0.25, -0.2) is 4.79 Å². The highest BCUT2D eigenvalue weighted by Gasteiger charge is 2.46. The molecule has 2 aromatic rings. The van der Waals surface area contributed by atoms with Crippen molar-refractivity contribution in [2.75, 3.05) is 11.9 Å². The van der Waals surface area contributed by atoms with Crippen LogP contribution in [-0.2, 0) is 14.3 Å². The molecule has 7 nitrogen and oxygen atoms in total. The summed E-state index contributed by atoms with van der Waals surface area (Å²) in [4.78, 5) is 41.4. The molecule has 0 heterocycles. The minimum atomic E-state index is -0.840. The van der Waals surface area contributed by atoms with E-state index in [0.717, 1.165) is 39.9 Å². The van der Waals surface area contributed by atoms with Crippen molar-refractivity contribution in [1.29, 1.82) is 0 Å². The summed E-state index contributed by atoms with van der Waals surface area (Å²) in [5, 5.41) is 5.67. The number of para-hydroxylation sites is 1. The van der Waals surface area contributed by atoms with Crippen molar-refractivity contribution in [1.82, 2.24) is 10.2 Å². The van der Waals surface area contributed by atoms with Gasteiger partial charge in [-0.15, -0.1) is 0 Å². The van der Waals surface area contributed by atoms with Gasteiger partial charge in [0.2, 0.25) is 5.91 Å². The third-order valence-corrected chi connectivity index (χ3v) is 6.47. The molecule has 1 aliphatic rings. The Bertz CT molecular complexity index is 1130. The first-order valence-electron chi connectivity index (χ1n) is 12.5. The SMILES string of the molecule is Cc1ccc(C(C(=O)Nc2c(C)cccc2C)N(C(=O)CNC(=O)OC(C)(C)C)C2CC2C)c(C)c1. The number of amides is 3. The molecule has 1 fully saturated rings. The third kappa shape index (κ3) is 6.65. The Morgan fingerprint density at radius 2 is 1.64 bits per heavy atom. The molecular formula is C29H39N3O4. The summed E-state index contributed by atoms with van der Waals surface area (Å²) >= 11 is 0. The minimum absolute atomic E-state index is 0.0904. The zero-order valence-electron chi connectivity index (χ0n) is 22.7. The molecular weight excluding hydrogens is 454 g/mol. The Morgan fingerprint density at radius 1 is 1.03 bits per heavy atom. The Kier molecular flexibility index (Phi) is 8.12. The van der Waals surface area contributed by atoms with Gasteiger partial charge < -0.3 is 20.3 Å². The third-order valence-electron chi connectivity index (χ3n) is 6.47. The van der Waals surface area contributed by atoms with Crippen LogP contribution in [0.15, 0.2) is 36.4 Å². The van der Waals surface area contributed by atoms with Crippen molar-refractivity contribution in [3.8, 4) is 0 Å². The van der Waals surface area contributed by atoms with E-state index in [1.54, 1.807) is 25.7 Å². The van der Waals surface area contributed by atoms with Crippen molar-refractivity contribution in [2.24, 2.45) is 5.92 Å². The van der Waals surface area contributed by atoms with Gasteiger partial charge in [-0.1, -0.05) is 48.9 Å². The van der Waals surface area contributed by atoms with Gasteiger partial charge in [0.05, 0.1) is 0 Å². The van der Waals surface area contributed by atoms with Crippen LogP contribution in [0.1, 0.15) is 68.0 Å². The lowest BCUT2D eigenvalue weighted by atomic mass is 9.96. The van der Waals surface area contributed by atoms with Crippen LogP contribution >= 0.6 is 0 Å². The van der Waals surface area contributed by atoms with Gasteiger partial charge in [-0.05, 0) is 83.1 Å². The number of carbonyl (C=O) groups excluding carboxylic acids is 3. The second-order valence-electron chi connectivity index (χ2n) is 11.0. The molecule has 0 aliphatic heterocycles. The Balaban J connectivity index is 1.97. The number of benzene rings is 2. The average Bonchev–Trinajstić information content (AvgIpc) is 3.48. The lowest BCUT2D eigenvalue weighted by Gasteiger charge is -2.33. The fraction of sp³-hybridized carbons (Fsp3) is 0.483.